The highest BCUT2D eigenvalue weighted by atomic mass is 79.9. The second-order valence-electron chi connectivity index (χ2n) is 4.72. The van der Waals surface area contributed by atoms with E-state index in [1.54, 1.807) is 6.20 Å². The Balaban J connectivity index is 2.13. The number of ether oxygens (including phenoxy) is 1. The predicted molar refractivity (Wildman–Crippen MR) is 92.5 cm³/mol. The third-order valence-corrected chi connectivity index (χ3v) is 4.08. The van der Waals surface area contributed by atoms with Crippen molar-refractivity contribution in [2.45, 2.75) is 26.5 Å². The number of rotatable bonds is 6. The van der Waals surface area contributed by atoms with Gasteiger partial charge in [0.1, 0.15) is 12.4 Å². The molecule has 0 amide bonds. The number of halogens is 2. The summed E-state index contributed by atoms with van der Waals surface area (Å²) in [4.78, 5) is 4.32. The first-order valence-electron chi connectivity index (χ1n) is 6.86. The Bertz CT molecular complexity index is 587. The molecule has 0 aliphatic rings. The van der Waals surface area contributed by atoms with E-state index in [9.17, 15) is 0 Å². The summed E-state index contributed by atoms with van der Waals surface area (Å²) in [5.74, 6) is 0.886. The largest absolute Gasteiger partial charge is 0.487 e. The van der Waals surface area contributed by atoms with Crippen molar-refractivity contribution in [3.05, 3.63) is 56.7 Å². The van der Waals surface area contributed by atoms with Gasteiger partial charge in [-0.25, -0.2) is 0 Å². The number of nitrogens with one attached hydrogen (secondary N) is 1. The highest BCUT2D eigenvalue weighted by Gasteiger charge is 2.12. The van der Waals surface area contributed by atoms with Gasteiger partial charge in [0.05, 0.1) is 5.69 Å². The smallest absolute Gasteiger partial charge is 0.130 e. The van der Waals surface area contributed by atoms with Gasteiger partial charge in [-0.1, -0.05) is 22.9 Å². The zero-order valence-corrected chi connectivity index (χ0v) is 15.2. The summed E-state index contributed by atoms with van der Waals surface area (Å²) in [7, 11) is 0. The predicted octanol–water partition coefficient (Wildman–Crippen LogP) is 4.86. The van der Waals surface area contributed by atoms with Gasteiger partial charge < -0.3 is 10.1 Å². The average molecular weight is 414 g/mol. The zero-order valence-electron chi connectivity index (χ0n) is 12.1. The van der Waals surface area contributed by atoms with E-state index in [4.69, 9.17) is 4.74 Å². The van der Waals surface area contributed by atoms with Crippen molar-refractivity contribution in [1.82, 2.24) is 10.3 Å². The number of hydrogen-bond donors (Lipinski definition) is 1. The van der Waals surface area contributed by atoms with Crippen molar-refractivity contribution in [2.75, 3.05) is 6.54 Å². The fourth-order valence-corrected chi connectivity index (χ4v) is 2.66. The minimum Gasteiger partial charge on any atom is -0.487 e. The zero-order chi connectivity index (χ0) is 15.2. The molecule has 0 saturated heterocycles. The number of hydrogen-bond acceptors (Lipinski definition) is 3. The lowest BCUT2D eigenvalue weighted by Crippen LogP contribution is -2.18. The molecule has 2 aromatic rings. The number of pyridine rings is 1. The van der Waals surface area contributed by atoms with Crippen molar-refractivity contribution in [1.29, 1.82) is 0 Å². The monoisotopic (exact) mass is 412 g/mol. The van der Waals surface area contributed by atoms with Gasteiger partial charge >= 0.3 is 0 Å². The van der Waals surface area contributed by atoms with Crippen LogP contribution in [-0.4, -0.2) is 11.5 Å². The van der Waals surface area contributed by atoms with Crippen molar-refractivity contribution in [3.8, 4) is 5.75 Å². The maximum Gasteiger partial charge on any atom is 0.130 e. The Kier molecular flexibility index (Phi) is 6.21. The molecule has 2 rings (SSSR count). The number of aromatic nitrogens is 1. The molecule has 0 saturated carbocycles. The molecule has 0 spiro atoms. The van der Waals surface area contributed by atoms with Crippen LogP contribution >= 0.6 is 31.9 Å². The first-order chi connectivity index (χ1) is 10.1. The molecule has 0 fully saturated rings. The fraction of sp³-hybridized carbons (Fsp3) is 0.312. The summed E-state index contributed by atoms with van der Waals surface area (Å²) in [6.45, 7) is 5.61. The summed E-state index contributed by atoms with van der Waals surface area (Å²) in [5, 5.41) is 3.41. The van der Waals surface area contributed by atoms with Crippen LogP contribution in [-0.2, 0) is 6.61 Å². The first-order valence-corrected chi connectivity index (χ1v) is 8.44. The fourth-order valence-electron chi connectivity index (χ4n) is 2.05. The normalized spacial score (nSPS) is 12.2. The van der Waals surface area contributed by atoms with E-state index in [-0.39, 0.29) is 6.04 Å². The maximum absolute atomic E-state index is 5.95. The van der Waals surface area contributed by atoms with Crippen LogP contribution in [0.4, 0.5) is 0 Å². The highest BCUT2D eigenvalue weighted by molar-refractivity contribution is 9.10. The molecule has 1 atom stereocenters. The van der Waals surface area contributed by atoms with Crippen LogP contribution in [0.2, 0.25) is 0 Å². The van der Waals surface area contributed by atoms with Gasteiger partial charge in [-0.05, 0) is 59.7 Å². The van der Waals surface area contributed by atoms with Gasteiger partial charge in [0, 0.05) is 26.7 Å². The molecular formula is C16H18Br2N2O. The number of benzene rings is 1. The average Bonchev–Trinajstić information content (AvgIpc) is 2.48. The molecule has 1 aromatic carbocycles. The molecule has 0 aliphatic heterocycles. The quantitative estimate of drug-likeness (QED) is 0.734. The molecule has 1 N–H and O–H groups in total. The molecular weight excluding hydrogens is 396 g/mol. The third kappa shape index (κ3) is 4.80. The van der Waals surface area contributed by atoms with Crippen molar-refractivity contribution in [2.24, 2.45) is 0 Å². The van der Waals surface area contributed by atoms with Gasteiger partial charge in [-0.3, -0.25) is 4.98 Å². The van der Waals surface area contributed by atoms with E-state index in [1.165, 1.54) is 0 Å². The van der Waals surface area contributed by atoms with Crippen LogP contribution in [0.3, 0.4) is 0 Å². The Morgan fingerprint density at radius 3 is 2.62 bits per heavy atom. The van der Waals surface area contributed by atoms with Crippen LogP contribution in [0, 0.1) is 0 Å². The molecule has 21 heavy (non-hydrogen) atoms. The lowest BCUT2D eigenvalue weighted by Gasteiger charge is -2.18. The van der Waals surface area contributed by atoms with E-state index in [0.29, 0.717) is 6.61 Å². The molecule has 5 heteroatoms. The summed E-state index contributed by atoms with van der Waals surface area (Å²) in [6.07, 6.45) is 1.78. The Morgan fingerprint density at radius 2 is 1.95 bits per heavy atom. The minimum atomic E-state index is 0.236. The van der Waals surface area contributed by atoms with Crippen LogP contribution in [0.1, 0.15) is 31.1 Å². The SMILES string of the molecule is CCNC(C)c1cc(Br)ccc1OCc1ccc(Br)cn1. The van der Waals surface area contributed by atoms with Gasteiger partial charge in [0.25, 0.3) is 0 Å². The molecule has 112 valence electrons. The molecule has 1 unspecified atom stereocenters. The van der Waals surface area contributed by atoms with Gasteiger partial charge in [-0.15, -0.1) is 0 Å². The highest BCUT2D eigenvalue weighted by Crippen LogP contribution is 2.29. The van der Waals surface area contributed by atoms with Gasteiger partial charge in [0.15, 0.2) is 0 Å². The van der Waals surface area contributed by atoms with E-state index in [0.717, 1.165) is 32.5 Å². The van der Waals surface area contributed by atoms with Crippen molar-refractivity contribution >= 4 is 31.9 Å². The minimum absolute atomic E-state index is 0.236. The Morgan fingerprint density at radius 1 is 1.19 bits per heavy atom. The van der Waals surface area contributed by atoms with E-state index < -0.39 is 0 Å². The summed E-state index contributed by atoms with van der Waals surface area (Å²) < 4.78 is 7.97. The summed E-state index contributed by atoms with van der Waals surface area (Å²) in [5.41, 5.74) is 2.05. The molecule has 0 bridgehead atoms. The Labute approximate surface area is 142 Å². The van der Waals surface area contributed by atoms with Crippen LogP contribution in [0.15, 0.2) is 45.5 Å². The first kappa shape index (κ1) is 16.5. The van der Waals surface area contributed by atoms with E-state index in [2.05, 4.69) is 62.1 Å². The second kappa shape index (κ2) is 7.92. The second-order valence-corrected chi connectivity index (χ2v) is 6.55. The third-order valence-electron chi connectivity index (χ3n) is 3.11. The van der Waals surface area contributed by atoms with Crippen LogP contribution < -0.4 is 10.1 Å². The molecule has 0 aliphatic carbocycles. The Hall–Kier alpha value is -0.910. The van der Waals surface area contributed by atoms with Crippen molar-refractivity contribution in [3.63, 3.8) is 0 Å². The molecule has 0 radical (unpaired) electrons. The van der Waals surface area contributed by atoms with E-state index in [1.807, 2.05) is 24.3 Å². The standard InChI is InChI=1S/C16H18Br2N2O/c1-3-19-11(2)15-8-12(17)5-7-16(15)21-10-14-6-4-13(18)9-20-14/h4-9,11,19H,3,10H2,1-2H3. The summed E-state index contributed by atoms with van der Waals surface area (Å²) in [6, 6.07) is 10.2. The van der Waals surface area contributed by atoms with Crippen LogP contribution in [0.5, 0.6) is 5.75 Å². The van der Waals surface area contributed by atoms with Gasteiger partial charge in [-0.2, -0.15) is 0 Å². The molecule has 1 aromatic heterocycles. The lowest BCUT2D eigenvalue weighted by molar-refractivity contribution is 0.295. The summed E-state index contributed by atoms with van der Waals surface area (Å²) >= 11 is 6.90. The van der Waals surface area contributed by atoms with Crippen LogP contribution in [0.25, 0.3) is 0 Å². The number of nitrogens with zero attached hydrogens (tertiary/aromatic N) is 1. The maximum atomic E-state index is 5.95. The molecule has 3 nitrogen and oxygen atoms in total. The topological polar surface area (TPSA) is 34.1 Å². The van der Waals surface area contributed by atoms with Gasteiger partial charge in [0.2, 0.25) is 0 Å². The lowest BCUT2D eigenvalue weighted by atomic mass is 10.1. The molecule has 1 heterocycles. The van der Waals surface area contributed by atoms with E-state index >= 15 is 0 Å². The van der Waals surface area contributed by atoms with Crippen molar-refractivity contribution < 1.29 is 4.74 Å².